The molecule has 0 saturated heterocycles. The van der Waals surface area contributed by atoms with Crippen LogP contribution < -0.4 is 36.9 Å². The molecule has 7 N–H and O–H groups in total. The zero-order valence-corrected chi connectivity index (χ0v) is 28.7. The summed E-state index contributed by atoms with van der Waals surface area (Å²) in [6.07, 6.45) is 1.34. The Bertz CT molecular complexity index is 1540. The summed E-state index contributed by atoms with van der Waals surface area (Å²) < 4.78 is 5.52. The van der Waals surface area contributed by atoms with Gasteiger partial charge in [0.15, 0.2) is 0 Å². The number of nitrogens with zero attached hydrogens (tertiary/aromatic N) is 2. The quantitative estimate of drug-likeness (QED) is 0.138. The van der Waals surface area contributed by atoms with Crippen LogP contribution in [0.2, 0.25) is 18.1 Å². The number of nitrogens with one attached hydrogen (secondary N) is 2. The highest BCUT2D eigenvalue weighted by Crippen LogP contribution is 2.34. The Morgan fingerprint density at radius 2 is 1.74 bits per heavy atom. The van der Waals surface area contributed by atoms with Crippen molar-refractivity contribution in [2.45, 2.75) is 64.1 Å². The normalized spacial score (nSPS) is 17.0. The second-order valence-corrected chi connectivity index (χ2v) is 16.2. The van der Waals surface area contributed by atoms with Gasteiger partial charge < -0.3 is 36.5 Å². The molecule has 46 heavy (non-hydrogen) atoms. The van der Waals surface area contributed by atoms with Crippen LogP contribution in [0.15, 0.2) is 71.7 Å². The third-order valence-corrected chi connectivity index (χ3v) is 9.97. The highest BCUT2D eigenvalue weighted by molar-refractivity contribution is 6.83. The Labute approximate surface area is 277 Å². The number of aliphatic imine (C=N–C) groups is 1. The van der Waals surface area contributed by atoms with Crippen LogP contribution in [0.5, 0.6) is 5.75 Å². The highest BCUT2D eigenvalue weighted by atomic mass is 35.5. The maximum Gasteiger partial charge on any atom is 0.251 e. The van der Waals surface area contributed by atoms with Gasteiger partial charge in [0.05, 0.1) is 31.4 Å². The van der Waals surface area contributed by atoms with Gasteiger partial charge >= 0.3 is 0 Å². The van der Waals surface area contributed by atoms with E-state index in [1.54, 1.807) is 37.4 Å². The van der Waals surface area contributed by atoms with E-state index in [0.29, 0.717) is 35.1 Å². The van der Waals surface area contributed by atoms with Gasteiger partial charge in [-0.2, -0.15) is 0 Å². The van der Waals surface area contributed by atoms with Gasteiger partial charge in [-0.1, -0.05) is 35.9 Å². The molecule has 3 aromatic rings. The average Bonchev–Trinajstić information content (AvgIpc) is 3.14. The summed E-state index contributed by atoms with van der Waals surface area (Å²) in [5.74, 6) is 0.347. The number of unbranched alkanes of at least 4 members (excludes halogenated alkanes) is 2. The number of carbonyl (C=O) groups is 2. The van der Waals surface area contributed by atoms with Gasteiger partial charge in [-0.25, -0.2) is 0 Å². The molecule has 246 valence electrons. The molecule has 2 amide bonds. The minimum absolute atomic E-state index is 0.0786. The van der Waals surface area contributed by atoms with Crippen molar-refractivity contribution in [2.24, 2.45) is 16.5 Å². The van der Waals surface area contributed by atoms with E-state index < -0.39 is 26.7 Å². The monoisotopic (exact) mass is 664 g/mol. The molecule has 4 rings (SSSR count). The van der Waals surface area contributed by atoms with Crippen LogP contribution in [-0.2, 0) is 4.79 Å². The van der Waals surface area contributed by atoms with Crippen LogP contribution in [-0.4, -0.2) is 69.2 Å². The highest BCUT2D eigenvalue weighted by Gasteiger charge is 2.34. The first kappa shape index (κ1) is 35.1. The Kier molecular flexibility index (Phi) is 12.0. The molecule has 0 spiro atoms. The minimum Gasteiger partial charge on any atom is -0.497 e. The Hall–Kier alpha value is -3.74. The van der Waals surface area contributed by atoms with E-state index in [1.165, 1.54) is 0 Å². The molecule has 12 heteroatoms. The number of halogens is 1. The number of benzene rings is 3. The van der Waals surface area contributed by atoms with Crippen LogP contribution in [0.1, 0.15) is 54.1 Å². The molecule has 0 radical (unpaired) electrons. The largest absolute Gasteiger partial charge is 0.497 e. The molecule has 0 fully saturated rings. The van der Waals surface area contributed by atoms with Crippen molar-refractivity contribution in [2.75, 3.05) is 25.1 Å². The van der Waals surface area contributed by atoms with Crippen molar-refractivity contribution in [1.29, 1.82) is 0 Å². The number of nitrogens with two attached hydrogens (primary N) is 2. The zero-order chi connectivity index (χ0) is 33.4. The van der Waals surface area contributed by atoms with Crippen molar-refractivity contribution in [3.05, 3.63) is 88.4 Å². The van der Waals surface area contributed by atoms with Gasteiger partial charge in [0, 0.05) is 40.5 Å². The van der Waals surface area contributed by atoms with Crippen molar-refractivity contribution in [3.63, 3.8) is 0 Å². The fourth-order valence-electron chi connectivity index (χ4n) is 5.47. The maximum atomic E-state index is 13.1. The van der Waals surface area contributed by atoms with Crippen LogP contribution in [0.3, 0.4) is 0 Å². The van der Waals surface area contributed by atoms with Gasteiger partial charge in [0.2, 0.25) is 14.2 Å². The second kappa shape index (κ2) is 15.7. The first-order valence-corrected chi connectivity index (χ1v) is 18.9. The van der Waals surface area contributed by atoms with Crippen LogP contribution in [0.4, 0.5) is 5.69 Å². The molecule has 0 saturated carbocycles. The number of methoxy groups -OCH3 is 1. The number of hydrogen-bond acceptors (Lipinski definition) is 8. The van der Waals surface area contributed by atoms with Crippen molar-refractivity contribution in [1.82, 2.24) is 10.6 Å². The van der Waals surface area contributed by atoms with E-state index in [-0.39, 0.29) is 18.2 Å². The fraction of sp³-hybridized carbons (Fsp3) is 0.382. The number of ether oxygens (including phenoxy) is 1. The van der Waals surface area contributed by atoms with E-state index in [2.05, 4.69) is 10.6 Å². The Morgan fingerprint density at radius 3 is 2.39 bits per heavy atom. The van der Waals surface area contributed by atoms with Gasteiger partial charge in [-0.15, -0.1) is 0 Å². The van der Waals surface area contributed by atoms with Gasteiger partial charge in [-0.05, 0) is 86.9 Å². The first-order valence-electron chi connectivity index (χ1n) is 15.6. The number of carbonyl (C=O) groups excluding carboxylic acids is 2. The molecule has 0 aromatic heterocycles. The first-order chi connectivity index (χ1) is 21.9. The van der Waals surface area contributed by atoms with Crippen LogP contribution in [0, 0.1) is 0 Å². The lowest BCUT2D eigenvalue weighted by Gasteiger charge is -2.36. The smallest absolute Gasteiger partial charge is 0.251 e. The Balaban J connectivity index is 1.35. The Morgan fingerprint density at radius 1 is 1.04 bits per heavy atom. The third-order valence-electron chi connectivity index (χ3n) is 7.99. The van der Waals surface area contributed by atoms with Crippen molar-refractivity contribution >= 4 is 48.3 Å². The molecule has 1 aliphatic heterocycles. The van der Waals surface area contributed by atoms with Gasteiger partial charge in [0.25, 0.3) is 5.91 Å². The predicted molar refractivity (Wildman–Crippen MR) is 188 cm³/mol. The molecule has 10 nitrogen and oxygen atoms in total. The molecular weight excluding hydrogens is 620 g/mol. The standard InChI is InChI=1S/C34H45ClN6O4Si/c1-22(36)41-30-16-15-26(45-2)20-28(30)32(23-11-13-25(35)14-12-23)40-29(33(41)37)21-31(42)38-17-6-5-7-18-39-34(43)24-9-8-10-27(19-24)46(3,4)44/h8-16,19-20,22,29,33,44H,5-7,17-18,21,36-37H2,1-4H3,(H,38,42)(H,39,43)/t22?,29-,33?/m0/s1. The number of amides is 2. The minimum atomic E-state index is -2.49. The van der Waals surface area contributed by atoms with Gasteiger partial charge in [0.1, 0.15) is 11.9 Å². The predicted octanol–water partition coefficient (Wildman–Crippen LogP) is 3.48. The topological polar surface area (TPSA) is 155 Å². The van der Waals surface area contributed by atoms with E-state index in [4.69, 9.17) is 32.8 Å². The lowest BCUT2D eigenvalue weighted by atomic mass is 9.99. The molecule has 3 aromatic carbocycles. The lowest BCUT2D eigenvalue weighted by Crippen LogP contribution is -2.56. The maximum absolute atomic E-state index is 13.1. The molecular formula is C34H45ClN6O4Si. The summed E-state index contributed by atoms with van der Waals surface area (Å²) in [6, 6.07) is 19.7. The number of rotatable bonds is 13. The molecule has 1 aliphatic rings. The zero-order valence-electron chi connectivity index (χ0n) is 26.9. The van der Waals surface area contributed by atoms with E-state index >= 15 is 0 Å². The molecule has 3 atom stereocenters. The fourth-order valence-corrected chi connectivity index (χ4v) is 6.61. The lowest BCUT2D eigenvalue weighted by molar-refractivity contribution is -0.121. The molecule has 2 unspecified atom stereocenters. The third kappa shape index (κ3) is 8.95. The SMILES string of the molecule is COc1ccc2c(c1)C(c1ccc(Cl)cc1)=N[C@@H](CC(=O)NCCCCCNC(=O)c1cccc([Si](C)(C)O)c1)C(N)N2C(C)N. The molecule has 0 bridgehead atoms. The second-order valence-electron chi connectivity index (χ2n) is 12.1. The van der Waals surface area contributed by atoms with Crippen LogP contribution in [0.25, 0.3) is 0 Å². The number of hydrogen-bond donors (Lipinski definition) is 5. The summed E-state index contributed by atoms with van der Waals surface area (Å²) >= 11 is 6.18. The summed E-state index contributed by atoms with van der Waals surface area (Å²) in [7, 11) is -0.880. The molecule has 0 aliphatic carbocycles. The summed E-state index contributed by atoms with van der Waals surface area (Å²) in [5, 5.41) is 7.37. The average molecular weight is 665 g/mol. The number of anilines is 1. The van der Waals surface area contributed by atoms with Crippen molar-refractivity contribution in [3.8, 4) is 5.75 Å². The number of benzodiazepines with no additional fused rings is 1. The van der Waals surface area contributed by atoms with Crippen LogP contribution >= 0.6 is 11.6 Å². The van der Waals surface area contributed by atoms with Gasteiger partial charge in [-0.3, -0.25) is 14.6 Å². The molecule has 1 heterocycles. The summed E-state index contributed by atoms with van der Waals surface area (Å²) in [6.45, 7) is 6.52. The van der Waals surface area contributed by atoms with E-state index in [9.17, 15) is 14.4 Å². The number of fused-ring (bicyclic) bond motifs is 1. The van der Waals surface area contributed by atoms with E-state index in [0.717, 1.165) is 41.3 Å². The van der Waals surface area contributed by atoms with Crippen molar-refractivity contribution < 1.29 is 19.1 Å². The summed E-state index contributed by atoms with van der Waals surface area (Å²) in [4.78, 5) is 43.0. The van der Waals surface area contributed by atoms with E-state index in [1.807, 2.05) is 61.3 Å². The summed E-state index contributed by atoms with van der Waals surface area (Å²) in [5.41, 5.74) is 16.9.